The summed E-state index contributed by atoms with van der Waals surface area (Å²) < 4.78 is 9.97. The van der Waals surface area contributed by atoms with Gasteiger partial charge in [0.05, 0.1) is 25.8 Å². The number of nitrogens with zero attached hydrogens (tertiary/aromatic N) is 1. The van der Waals surface area contributed by atoms with E-state index in [1.54, 1.807) is 13.8 Å². The van der Waals surface area contributed by atoms with Crippen LogP contribution >= 0.6 is 0 Å². The molecule has 1 fully saturated rings. The van der Waals surface area contributed by atoms with Gasteiger partial charge in [0.25, 0.3) is 0 Å². The third kappa shape index (κ3) is 3.05. The molecule has 0 bridgehead atoms. The van der Waals surface area contributed by atoms with E-state index >= 15 is 0 Å². The molecule has 2 rings (SSSR count). The van der Waals surface area contributed by atoms with Crippen LogP contribution in [0.25, 0.3) is 0 Å². The van der Waals surface area contributed by atoms with Crippen molar-refractivity contribution in [3.63, 3.8) is 0 Å². The highest BCUT2D eigenvalue weighted by molar-refractivity contribution is 6.21. The summed E-state index contributed by atoms with van der Waals surface area (Å²) in [5.41, 5.74) is 0.668. The number of methoxy groups -OCH3 is 1. The lowest BCUT2D eigenvalue weighted by atomic mass is 9.98. The Morgan fingerprint density at radius 3 is 2.77 bits per heavy atom. The molecule has 6 nitrogen and oxygen atoms in total. The fraction of sp³-hybridized carbons (Fsp3) is 0.562. The molecule has 6 heteroatoms. The summed E-state index contributed by atoms with van der Waals surface area (Å²) >= 11 is 0. The van der Waals surface area contributed by atoms with Crippen LogP contribution in [0.3, 0.4) is 0 Å². The molecule has 0 radical (unpaired) electrons. The maximum Gasteiger partial charge on any atom is 0.307 e. The molecule has 1 aliphatic carbocycles. The number of hydrogen-bond donors (Lipinski definition) is 0. The molecule has 0 spiro atoms. The molecule has 0 aromatic heterocycles. The summed E-state index contributed by atoms with van der Waals surface area (Å²) in [7, 11) is 1.38. The molecule has 2 aliphatic rings. The van der Waals surface area contributed by atoms with Crippen LogP contribution in [0.1, 0.15) is 33.1 Å². The number of likely N-dealkylation sites (tertiary alicyclic amines) is 1. The Labute approximate surface area is 129 Å². The van der Waals surface area contributed by atoms with Crippen molar-refractivity contribution < 1.29 is 23.9 Å². The van der Waals surface area contributed by atoms with Gasteiger partial charge < -0.3 is 14.4 Å². The number of allylic oxidation sites excluding steroid dienone is 2. The van der Waals surface area contributed by atoms with Crippen molar-refractivity contribution in [1.82, 2.24) is 4.90 Å². The summed E-state index contributed by atoms with van der Waals surface area (Å²) in [6, 6.07) is -0.0982. The standard InChI is InChI=1S/C16H21NO5/c1-4-22-14(19)8-11-6-5-7-17(11)12-9-13(18)16(21-3)10(2)15(12)20/h9,11H,4-8H2,1-3H3. The lowest BCUT2D eigenvalue weighted by Gasteiger charge is -2.29. The van der Waals surface area contributed by atoms with Crippen molar-refractivity contribution in [2.45, 2.75) is 39.2 Å². The monoisotopic (exact) mass is 307 g/mol. The van der Waals surface area contributed by atoms with Crippen LogP contribution in [-0.2, 0) is 23.9 Å². The molecule has 0 amide bonds. The van der Waals surface area contributed by atoms with Crippen molar-refractivity contribution in [1.29, 1.82) is 0 Å². The maximum atomic E-state index is 12.5. The van der Waals surface area contributed by atoms with E-state index in [4.69, 9.17) is 9.47 Å². The van der Waals surface area contributed by atoms with Gasteiger partial charge in [-0.2, -0.15) is 0 Å². The predicted octanol–water partition coefficient (Wildman–Crippen LogP) is 1.36. The Balaban J connectivity index is 2.18. The second-order valence-corrected chi connectivity index (χ2v) is 5.38. The van der Waals surface area contributed by atoms with E-state index in [1.807, 2.05) is 4.90 Å². The van der Waals surface area contributed by atoms with Gasteiger partial charge in [0.15, 0.2) is 5.76 Å². The summed E-state index contributed by atoms with van der Waals surface area (Å²) in [6.07, 6.45) is 3.23. The zero-order valence-electron chi connectivity index (χ0n) is 13.2. The quantitative estimate of drug-likeness (QED) is 0.564. The van der Waals surface area contributed by atoms with Gasteiger partial charge in [-0.1, -0.05) is 0 Å². The molecule has 1 heterocycles. The highest BCUT2D eigenvalue weighted by Gasteiger charge is 2.35. The van der Waals surface area contributed by atoms with Crippen LogP contribution in [0.5, 0.6) is 0 Å². The molecule has 1 saturated heterocycles. The minimum atomic E-state index is -0.309. The second-order valence-electron chi connectivity index (χ2n) is 5.38. The van der Waals surface area contributed by atoms with Crippen LogP contribution in [0.2, 0.25) is 0 Å². The number of Topliss-reactive ketones (excluding diaryl/α,β-unsaturated/α-hetero) is 1. The zero-order chi connectivity index (χ0) is 16.3. The van der Waals surface area contributed by atoms with Gasteiger partial charge in [-0.05, 0) is 26.7 Å². The van der Waals surface area contributed by atoms with Crippen molar-refractivity contribution in [3.8, 4) is 0 Å². The van der Waals surface area contributed by atoms with Gasteiger partial charge in [-0.15, -0.1) is 0 Å². The van der Waals surface area contributed by atoms with Crippen molar-refractivity contribution >= 4 is 17.5 Å². The number of hydrogen-bond acceptors (Lipinski definition) is 6. The largest absolute Gasteiger partial charge is 0.492 e. The first-order valence-electron chi connectivity index (χ1n) is 7.47. The lowest BCUT2D eigenvalue weighted by molar-refractivity contribution is -0.144. The molecule has 0 aromatic carbocycles. The first kappa shape index (κ1) is 16.3. The van der Waals surface area contributed by atoms with E-state index in [9.17, 15) is 14.4 Å². The van der Waals surface area contributed by atoms with Crippen LogP contribution in [0, 0.1) is 0 Å². The molecule has 0 saturated carbocycles. The molecule has 1 atom stereocenters. The van der Waals surface area contributed by atoms with Gasteiger partial charge in [0.1, 0.15) is 0 Å². The number of rotatable bonds is 5. The van der Waals surface area contributed by atoms with Gasteiger partial charge in [-0.3, -0.25) is 14.4 Å². The van der Waals surface area contributed by atoms with E-state index in [0.717, 1.165) is 12.8 Å². The van der Waals surface area contributed by atoms with E-state index in [1.165, 1.54) is 13.2 Å². The number of carbonyl (C=O) groups is 3. The van der Waals surface area contributed by atoms with Crippen molar-refractivity contribution in [2.75, 3.05) is 20.3 Å². The highest BCUT2D eigenvalue weighted by atomic mass is 16.5. The normalized spacial score (nSPS) is 22.0. The number of carbonyl (C=O) groups excluding carboxylic acids is 3. The van der Waals surface area contributed by atoms with E-state index < -0.39 is 0 Å². The summed E-state index contributed by atoms with van der Waals surface area (Å²) in [4.78, 5) is 38.1. The van der Waals surface area contributed by atoms with Gasteiger partial charge in [-0.25, -0.2) is 0 Å². The molecule has 120 valence electrons. The Morgan fingerprint density at radius 1 is 1.41 bits per heavy atom. The molecule has 1 aliphatic heterocycles. The first-order valence-corrected chi connectivity index (χ1v) is 7.47. The third-order valence-corrected chi connectivity index (χ3v) is 4.00. The maximum absolute atomic E-state index is 12.5. The first-order chi connectivity index (χ1) is 10.5. The molecule has 22 heavy (non-hydrogen) atoms. The number of ether oxygens (including phenoxy) is 2. The third-order valence-electron chi connectivity index (χ3n) is 4.00. The molecular formula is C16H21NO5. The fourth-order valence-corrected chi connectivity index (χ4v) is 2.98. The highest BCUT2D eigenvalue weighted by Crippen LogP contribution is 2.30. The van der Waals surface area contributed by atoms with E-state index in [0.29, 0.717) is 24.4 Å². The second kappa shape index (κ2) is 6.77. The number of esters is 1. The van der Waals surface area contributed by atoms with Crippen molar-refractivity contribution in [3.05, 3.63) is 23.1 Å². The number of ketones is 2. The summed E-state index contributed by atoms with van der Waals surface area (Å²) in [5.74, 6) is -0.710. The van der Waals surface area contributed by atoms with Crippen molar-refractivity contribution in [2.24, 2.45) is 0 Å². The van der Waals surface area contributed by atoms with Gasteiger partial charge >= 0.3 is 5.97 Å². The minimum Gasteiger partial charge on any atom is -0.492 e. The summed E-state index contributed by atoms with van der Waals surface area (Å²) in [5, 5.41) is 0. The van der Waals surface area contributed by atoms with Gasteiger partial charge in [0.2, 0.25) is 11.6 Å². The summed E-state index contributed by atoms with van der Waals surface area (Å²) in [6.45, 7) is 4.34. The SMILES string of the molecule is CCOC(=O)CC1CCCN1C1=CC(=O)C(OC)=C(C)C1=O. The van der Waals surface area contributed by atoms with Crippen LogP contribution in [-0.4, -0.2) is 48.7 Å². The topological polar surface area (TPSA) is 72.9 Å². The van der Waals surface area contributed by atoms with E-state index in [-0.39, 0.29) is 35.8 Å². The molecule has 1 unspecified atom stereocenters. The zero-order valence-corrected chi connectivity index (χ0v) is 13.2. The minimum absolute atomic E-state index is 0.0925. The van der Waals surface area contributed by atoms with Gasteiger partial charge in [0, 0.05) is 24.2 Å². The molecule has 0 N–H and O–H groups in total. The Hall–Kier alpha value is -2.11. The Kier molecular flexibility index (Phi) is 5.00. The molecular weight excluding hydrogens is 286 g/mol. The predicted molar refractivity (Wildman–Crippen MR) is 78.8 cm³/mol. The van der Waals surface area contributed by atoms with E-state index in [2.05, 4.69) is 0 Å². The average Bonchev–Trinajstić information content (AvgIpc) is 2.91. The Morgan fingerprint density at radius 2 is 2.14 bits per heavy atom. The Bertz CT molecular complexity index is 561. The van der Waals surface area contributed by atoms with Crippen LogP contribution < -0.4 is 0 Å². The van der Waals surface area contributed by atoms with Crippen LogP contribution in [0.15, 0.2) is 23.1 Å². The molecule has 0 aromatic rings. The lowest BCUT2D eigenvalue weighted by Crippen LogP contribution is -2.37. The fourth-order valence-electron chi connectivity index (χ4n) is 2.98. The van der Waals surface area contributed by atoms with Crippen LogP contribution in [0.4, 0.5) is 0 Å². The smallest absolute Gasteiger partial charge is 0.307 e. The average molecular weight is 307 g/mol.